The zero-order valence-corrected chi connectivity index (χ0v) is 36.2. The van der Waals surface area contributed by atoms with Crippen LogP contribution in [0.5, 0.6) is 0 Å². The maximum absolute atomic E-state index is 4.90. The normalized spacial score (nSPS) is 13.8. The van der Waals surface area contributed by atoms with E-state index in [1.807, 2.05) is 12.3 Å². The van der Waals surface area contributed by atoms with E-state index in [0.717, 1.165) is 22.5 Å². The van der Waals surface area contributed by atoms with Crippen LogP contribution in [-0.4, -0.2) is 19.9 Å². The Hall–Kier alpha value is -5.30. The molecule has 7 nitrogen and oxygen atoms in total. The first-order valence-electron chi connectivity index (χ1n) is 20.4. The summed E-state index contributed by atoms with van der Waals surface area (Å²) in [5.74, 6) is 3.32. The number of rotatable bonds is 7. The summed E-state index contributed by atoms with van der Waals surface area (Å²) >= 11 is 0. The molecule has 7 aromatic rings. The van der Waals surface area contributed by atoms with E-state index in [4.69, 9.17) is 4.98 Å². The summed E-state index contributed by atoms with van der Waals surface area (Å²) in [6.07, 6.45) is 6.92. The van der Waals surface area contributed by atoms with Gasteiger partial charge < -0.3 is 19.8 Å². The van der Waals surface area contributed by atoms with Crippen LogP contribution in [0.3, 0.4) is 0 Å². The summed E-state index contributed by atoms with van der Waals surface area (Å²) < 4.78 is 0. The molecule has 0 bridgehead atoms. The Kier molecular flexibility index (Phi) is 11.4. The minimum Gasteiger partial charge on any atom is -0.471 e. The molecule has 3 aromatic heterocycles. The van der Waals surface area contributed by atoms with E-state index in [9.17, 15) is 0 Å². The predicted octanol–water partition coefficient (Wildman–Crippen LogP) is 12.9. The van der Waals surface area contributed by atoms with Crippen LogP contribution in [0.1, 0.15) is 126 Å². The number of nitrogens with zero attached hydrogens (tertiary/aromatic N) is 7. The molecule has 4 heterocycles. The molecule has 1 aliphatic carbocycles. The first kappa shape index (κ1) is 40.9. The number of hydrogen-bond acceptors (Lipinski definition) is 6. The van der Waals surface area contributed by atoms with Gasteiger partial charge in [-0.1, -0.05) is 142 Å². The third kappa shape index (κ3) is 7.11. The molecule has 2 aliphatic rings. The summed E-state index contributed by atoms with van der Waals surface area (Å²) in [6.45, 7) is 25.1. The van der Waals surface area contributed by atoms with E-state index in [-0.39, 0.29) is 22.5 Å². The van der Waals surface area contributed by atoms with Gasteiger partial charge in [0.15, 0.2) is 0 Å². The molecule has 0 fully saturated rings. The van der Waals surface area contributed by atoms with Crippen molar-refractivity contribution >= 4 is 33.9 Å². The Morgan fingerprint density at radius 1 is 0.603 bits per heavy atom. The number of aromatic nitrogens is 5. The smallest absolute Gasteiger partial charge is 0.471 e. The van der Waals surface area contributed by atoms with E-state index in [0.29, 0.717) is 35.2 Å². The minimum atomic E-state index is -0.0220. The summed E-state index contributed by atoms with van der Waals surface area (Å²) in [5.41, 5.74) is 16.9. The number of benzene rings is 4. The Morgan fingerprint density at radius 3 is 1.79 bits per heavy atom. The van der Waals surface area contributed by atoms with E-state index in [1.165, 1.54) is 55.9 Å². The van der Waals surface area contributed by atoms with Gasteiger partial charge in [0.25, 0.3) is 0 Å². The van der Waals surface area contributed by atoms with E-state index < -0.39 is 0 Å². The van der Waals surface area contributed by atoms with E-state index >= 15 is 0 Å². The minimum absolute atomic E-state index is 0. The monoisotopic (exact) mass is 814 g/mol. The zero-order valence-electron chi connectivity index (χ0n) is 35.2. The number of para-hydroxylation sites is 2. The SMILES string of the molecule is CC(C)c1cccc(C(C)C)c1N1[CH-]N(c2c(C(C)C)cccc2C(C)C)c2ncccc21.CC1(C)c2ccccc2-c2cc3nc(-c4cnccn4)[n-]c3cc21.[Cu+2]. The van der Waals surface area contributed by atoms with Gasteiger partial charge in [0, 0.05) is 35.4 Å². The summed E-state index contributed by atoms with van der Waals surface area (Å²) in [6, 6.07) is 30.7. The quantitative estimate of drug-likeness (QED) is 0.117. The zero-order chi connectivity index (χ0) is 40.2. The van der Waals surface area contributed by atoms with Gasteiger partial charge in [-0.3, -0.25) is 9.97 Å². The van der Waals surface area contributed by atoms with Crippen molar-refractivity contribution in [3.05, 3.63) is 150 Å². The number of pyridine rings is 1. The van der Waals surface area contributed by atoms with Crippen molar-refractivity contribution in [3.63, 3.8) is 0 Å². The molecule has 0 spiro atoms. The maximum Gasteiger partial charge on any atom is 2.00 e. The molecule has 0 amide bonds. The standard InChI is InChI=1S/C30H38N3.C20H15N4.Cu/c1-19(2)23-12-9-13-24(20(3)4)28(23)32-18-33(30-27(32)16-11-17-31-30)29-25(21(5)6)14-10-15-26(29)22(7)8;1-20(2)14-6-4-3-5-12(14)13-9-16-17(10-15(13)20)24-19(23-16)18-11-21-7-8-22-18;/h9-22H,1-8H3;3-11H,1-2H3;/q2*-1;+2. The molecule has 9 rings (SSSR count). The Bertz CT molecular complexity index is 2430. The average molecular weight is 816 g/mol. The summed E-state index contributed by atoms with van der Waals surface area (Å²) in [4.78, 5) is 27.4. The first-order chi connectivity index (χ1) is 27.4. The summed E-state index contributed by atoms with van der Waals surface area (Å²) in [5, 5.41) is 0. The molecular weight excluding hydrogens is 762 g/mol. The van der Waals surface area contributed by atoms with Crippen molar-refractivity contribution in [2.75, 3.05) is 9.80 Å². The van der Waals surface area contributed by atoms with Crippen LogP contribution in [0.25, 0.3) is 33.7 Å². The largest absolute Gasteiger partial charge is 2.00 e. The molecule has 4 aromatic carbocycles. The van der Waals surface area contributed by atoms with Crippen molar-refractivity contribution in [2.24, 2.45) is 0 Å². The van der Waals surface area contributed by atoms with Gasteiger partial charge in [-0.25, -0.2) is 4.98 Å². The Balaban J connectivity index is 0.000000181. The fraction of sp³-hybridized carbons (Fsp3) is 0.300. The molecule has 1 aliphatic heterocycles. The van der Waals surface area contributed by atoms with Crippen LogP contribution in [0, 0.1) is 6.67 Å². The molecule has 0 atom stereocenters. The second-order valence-corrected chi connectivity index (χ2v) is 17.1. The molecule has 0 unspecified atom stereocenters. The van der Waals surface area contributed by atoms with Crippen LogP contribution < -0.4 is 14.8 Å². The Labute approximate surface area is 354 Å². The van der Waals surface area contributed by atoms with Gasteiger partial charge in [0.05, 0.1) is 17.6 Å². The molecule has 58 heavy (non-hydrogen) atoms. The second-order valence-electron chi connectivity index (χ2n) is 17.1. The van der Waals surface area contributed by atoms with Crippen LogP contribution in [0.15, 0.2) is 110 Å². The number of hydrogen-bond donors (Lipinski definition) is 0. The predicted molar refractivity (Wildman–Crippen MR) is 236 cm³/mol. The number of anilines is 4. The van der Waals surface area contributed by atoms with Gasteiger partial charge in [0.1, 0.15) is 5.82 Å². The van der Waals surface area contributed by atoms with Gasteiger partial charge in [0.2, 0.25) is 0 Å². The molecule has 0 N–H and O–H groups in total. The topological polar surface area (TPSA) is 72.1 Å². The van der Waals surface area contributed by atoms with Crippen LogP contribution in [0.2, 0.25) is 0 Å². The van der Waals surface area contributed by atoms with Crippen molar-refractivity contribution in [3.8, 4) is 22.6 Å². The maximum atomic E-state index is 4.90. The average Bonchev–Trinajstić information content (AvgIpc) is 3.87. The second kappa shape index (κ2) is 16.2. The van der Waals surface area contributed by atoms with Crippen molar-refractivity contribution < 1.29 is 17.1 Å². The van der Waals surface area contributed by atoms with Gasteiger partial charge in [-0.15, -0.1) is 6.67 Å². The molecular formula is C50H53CuN7. The van der Waals surface area contributed by atoms with Gasteiger partial charge >= 0.3 is 17.1 Å². The van der Waals surface area contributed by atoms with Crippen molar-refractivity contribution in [1.29, 1.82) is 0 Å². The molecule has 1 radical (unpaired) electrons. The summed E-state index contributed by atoms with van der Waals surface area (Å²) in [7, 11) is 0. The van der Waals surface area contributed by atoms with Crippen LogP contribution in [-0.2, 0) is 22.5 Å². The van der Waals surface area contributed by atoms with Crippen LogP contribution in [0.4, 0.5) is 22.9 Å². The molecule has 8 heteroatoms. The fourth-order valence-corrected chi connectivity index (χ4v) is 8.60. The fourth-order valence-electron chi connectivity index (χ4n) is 8.60. The third-order valence-electron chi connectivity index (χ3n) is 11.6. The number of imidazole rings is 1. The van der Waals surface area contributed by atoms with E-state index in [1.54, 1.807) is 18.6 Å². The molecule has 0 saturated carbocycles. The molecule has 299 valence electrons. The number of fused-ring (bicyclic) bond motifs is 5. The van der Waals surface area contributed by atoms with Crippen molar-refractivity contribution in [1.82, 2.24) is 24.9 Å². The molecule has 0 saturated heterocycles. The third-order valence-corrected chi connectivity index (χ3v) is 11.6. The first-order valence-corrected chi connectivity index (χ1v) is 20.4. The van der Waals surface area contributed by atoms with E-state index in [2.05, 4.69) is 185 Å². The van der Waals surface area contributed by atoms with Gasteiger partial charge in [-0.05, 0) is 97.2 Å². The van der Waals surface area contributed by atoms with Crippen LogP contribution >= 0.6 is 0 Å². The Morgan fingerprint density at radius 2 is 1.21 bits per heavy atom. The van der Waals surface area contributed by atoms with Crippen molar-refractivity contribution in [2.45, 2.75) is 98.3 Å². The van der Waals surface area contributed by atoms with Gasteiger partial charge in [-0.2, -0.15) is 0 Å².